The van der Waals surface area contributed by atoms with Crippen LogP contribution in [0.5, 0.6) is 0 Å². The van der Waals surface area contributed by atoms with Crippen molar-refractivity contribution in [3.05, 3.63) is 59.7 Å². The summed E-state index contributed by atoms with van der Waals surface area (Å²) in [5.74, 6) is 0.248. The van der Waals surface area contributed by atoms with Crippen molar-refractivity contribution >= 4 is 45.9 Å². The first-order valence-corrected chi connectivity index (χ1v) is 9.99. The van der Waals surface area contributed by atoms with Crippen molar-refractivity contribution in [1.82, 2.24) is 10.9 Å². The topological polar surface area (TPSA) is 166 Å². The van der Waals surface area contributed by atoms with Gasteiger partial charge in [0.25, 0.3) is 0 Å². The summed E-state index contributed by atoms with van der Waals surface area (Å²) in [4.78, 5) is 7.88. The molecular formula is C22H26N8O2. The van der Waals surface area contributed by atoms with Gasteiger partial charge in [-0.2, -0.15) is 10.2 Å². The second kappa shape index (κ2) is 11.4. The Morgan fingerprint density at radius 3 is 1.34 bits per heavy atom. The zero-order chi connectivity index (χ0) is 22.8. The number of benzene rings is 3. The molecule has 0 radical (unpaired) electrons. The minimum absolute atomic E-state index is 0.0851. The van der Waals surface area contributed by atoms with Gasteiger partial charge < -0.3 is 21.7 Å². The molecule has 166 valence electrons. The molecule has 3 rings (SSSR count). The number of hydrazone groups is 2. The van der Waals surface area contributed by atoms with Crippen molar-refractivity contribution in [1.29, 1.82) is 0 Å². The monoisotopic (exact) mass is 434 g/mol. The van der Waals surface area contributed by atoms with Crippen molar-refractivity contribution in [2.75, 3.05) is 26.3 Å². The van der Waals surface area contributed by atoms with Gasteiger partial charge in [-0.15, -0.1) is 0 Å². The number of rotatable bonds is 8. The molecule has 0 heterocycles. The molecule has 0 saturated carbocycles. The standard InChI is InChI=1S/C22H26N8O2/c23-21(25-9-11-31)29-27-13-19-15-5-1-2-6-16(15)20(18-8-4-3-7-17(18)19)14-28-30-22(24)26-10-12-32/h1-8,13-14,31-32H,9-12H2,(H3,23,25,29)(H3,24,26,30)/b27-13+,28-14+. The highest BCUT2D eigenvalue weighted by Gasteiger charge is 2.11. The Hall–Kier alpha value is -4.02. The van der Waals surface area contributed by atoms with Gasteiger partial charge in [0, 0.05) is 11.1 Å². The second-order valence-corrected chi connectivity index (χ2v) is 6.64. The molecule has 0 bridgehead atoms. The first-order chi connectivity index (χ1) is 15.7. The number of nitrogens with one attached hydrogen (secondary N) is 2. The fourth-order valence-electron chi connectivity index (χ4n) is 3.21. The molecule has 3 aromatic carbocycles. The Morgan fingerprint density at radius 2 is 1.03 bits per heavy atom. The van der Waals surface area contributed by atoms with E-state index in [1.807, 2.05) is 48.5 Å². The van der Waals surface area contributed by atoms with Gasteiger partial charge in [0.15, 0.2) is 0 Å². The predicted octanol–water partition coefficient (Wildman–Crippen LogP) is 0.454. The van der Waals surface area contributed by atoms with E-state index in [1.54, 1.807) is 12.4 Å². The number of hydrogen-bond donors (Lipinski definition) is 6. The van der Waals surface area contributed by atoms with Gasteiger partial charge in [-0.05, 0) is 21.5 Å². The van der Waals surface area contributed by atoms with Crippen LogP contribution in [-0.4, -0.2) is 60.9 Å². The summed E-state index contributed by atoms with van der Waals surface area (Å²) in [5.41, 5.74) is 18.7. The largest absolute Gasteiger partial charge is 0.394 e. The first-order valence-electron chi connectivity index (χ1n) is 9.99. The van der Waals surface area contributed by atoms with E-state index in [0.29, 0.717) is 0 Å². The molecular weight excluding hydrogens is 408 g/mol. The summed E-state index contributed by atoms with van der Waals surface area (Å²) in [6.45, 7) is 0.241. The number of hydrogen-bond acceptors (Lipinski definition) is 6. The minimum atomic E-state index is -0.0851. The number of guanidine groups is 2. The van der Waals surface area contributed by atoms with Crippen molar-refractivity contribution in [2.45, 2.75) is 0 Å². The lowest BCUT2D eigenvalue weighted by Crippen LogP contribution is -2.28. The van der Waals surface area contributed by atoms with Crippen LogP contribution in [0.3, 0.4) is 0 Å². The maximum absolute atomic E-state index is 8.84. The molecule has 32 heavy (non-hydrogen) atoms. The molecule has 10 nitrogen and oxygen atoms in total. The quantitative estimate of drug-likeness (QED) is 0.130. The van der Waals surface area contributed by atoms with E-state index in [4.69, 9.17) is 21.7 Å². The lowest BCUT2D eigenvalue weighted by atomic mass is 9.92. The lowest BCUT2D eigenvalue weighted by Gasteiger charge is -2.12. The summed E-state index contributed by atoms with van der Waals surface area (Å²) >= 11 is 0. The average molecular weight is 435 g/mol. The van der Waals surface area contributed by atoms with Crippen LogP contribution in [0, 0.1) is 0 Å². The highest BCUT2D eigenvalue weighted by Crippen LogP contribution is 2.31. The number of aliphatic hydroxyl groups is 2. The molecule has 0 saturated heterocycles. The highest BCUT2D eigenvalue weighted by molar-refractivity contribution is 6.21. The third-order valence-corrected chi connectivity index (χ3v) is 4.52. The van der Waals surface area contributed by atoms with Gasteiger partial charge in [-0.1, -0.05) is 48.5 Å². The number of fused-ring (bicyclic) bond motifs is 2. The van der Waals surface area contributed by atoms with Crippen molar-refractivity contribution < 1.29 is 10.2 Å². The Labute approximate surface area is 185 Å². The number of nitrogens with two attached hydrogens (primary N) is 2. The van der Waals surface area contributed by atoms with Crippen molar-refractivity contribution in [3.63, 3.8) is 0 Å². The molecule has 0 aliphatic rings. The number of aliphatic hydroxyl groups excluding tert-OH is 2. The summed E-state index contributed by atoms with van der Waals surface area (Å²) in [6.07, 6.45) is 3.40. The molecule has 0 spiro atoms. The van der Waals surface area contributed by atoms with E-state index in [2.05, 4.69) is 31.0 Å². The summed E-state index contributed by atoms with van der Waals surface area (Å²) in [5, 5.41) is 30.1. The molecule has 10 heteroatoms. The van der Waals surface area contributed by atoms with Gasteiger partial charge in [-0.3, -0.25) is 0 Å². The fourth-order valence-corrected chi connectivity index (χ4v) is 3.21. The smallest absolute Gasteiger partial charge is 0.209 e. The Bertz CT molecular complexity index is 1040. The van der Waals surface area contributed by atoms with E-state index < -0.39 is 0 Å². The molecule has 0 aliphatic heterocycles. The highest BCUT2D eigenvalue weighted by atomic mass is 16.3. The summed E-state index contributed by atoms with van der Waals surface area (Å²) in [6, 6.07) is 15.9. The fraction of sp³-hybridized carbons (Fsp3) is 0.182. The molecule has 8 N–H and O–H groups in total. The van der Waals surface area contributed by atoms with Crippen LogP contribution in [0.4, 0.5) is 0 Å². The maximum atomic E-state index is 8.84. The predicted molar refractivity (Wildman–Crippen MR) is 130 cm³/mol. The van der Waals surface area contributed by atoms with Crippen LogP contribution in [0.1, 0.15) is 11.1 Å². The lowest BCUT2D eigenvalue weighted by molar-refractivity contribution is 0.306. The van der Waals surface area contributed by atoms with Crippen LogP contribution in [0.15, 0.2) is 68.7 Å². The Morgan fingerprint density at radius 1 is 0.688 bits per heavy atom. The van der Waals surface area contributed by atoms with E-state index in [-0.39, 0.29) is 38.2 Å². The van der Waals surface area contributed by atoms with Gasteiger partial charge in [0.2, 0.25) is 11.9 Å². The molecule has 0 unspecified atom stereocenters. The van der Waals surface area contributed by atoms with E-state index in [9.17, 15) is 0 Å². The molecule has 0 aromatic heterocycles. The average Bonchev–Trinajstić information content (AvgIpc) is 2.82. The molecule has 0 fully saturated rings. The van der Waals surface area contributed by atoms with Gasteiger partial charge in [0.1, 0.15) is 0 Å². The third-order valence-electron chi connectivity index (χ3n) is 4.52. The van der Waals surface area contributed by atoms with Crippen LogP contribution in [0.2, 0.25) is 0 Å². The van der Waals surface area contributed by atoms with Gasteiger partial charge in [-0.25, -0.2) is 20.8 Å². The molecule has 3 aromatic rings. The summed E-state index contributed by atoms with van der Waals surface area (Å²) < 4.78 is 0. The van der Waals surface area contributed by atoms with Crippen molar-refractivity contribution in [3.8, 4) is 0 Å². The molecule has 0 amide bonds. The SMILES string of the molecule is NC(=NCCO)N/N=C/c1c2ccccc2c(/C=N/NC(N)=NCCO)c2ccccc12. The molecule has 0 aliphatic carbocycles. The van der Waals surface area contributed by atoms with E-state index in [0.717, 1.165) is 32.7 Å². The zero-order valence-electron chi connectivity index (χ0n) is 17.4. The summed E-state index contributed by atoms with van der Waals surface area (Å²) in [7, 11) is 0. The zero-order valence-corrected chi connectivity index (χ0v) is 17.4. The van der Waals surface area contributed by atoms with Gasteiger partial charge >= 0.3 is 0 Å². The van der Waals surface area contributed by atoms with Crippen LogP contribution in [-0.2, 0) is 0 Å². The van der Waals surface area contributed by atoms with E-state index >= 15 is 0 Å². The Balaban J connectivity index is 2.05. The van der Waals surface area contributed by atoms with Crippen molar-refractivity contribution in [2.24, 2.45) is 31.7 Å². The van der Waals surface area contributed by atoms with Crippen LogP contribution < -0.4 is 22.3 Å². The van der Waals surface area contributed by atoms with Crippen LogP contribution >= 0.6 is 0 Å². The van der Waals surface area contributed by atoms with Crippen LogP contribution in [0.25, 0.3) is 21.5 Å². The first kappa shape index (κ1) is 22.7. The maximum Gasteiger partial charge on any atom is 0.209 e. The second-order valence-electron chi connectivity index (χ2n) is 6.64. The molecule has 0 atom stereocenters. The van der Waals surface area contributed by atoms with Gasteiger partial charge in [0.05, 0.1) is 38.7 Å². The number of nitrogens with zero attached hydrogens (tertiary/aromatic N) is 4. The Kier molecular flexibility index (Phi) is 8.07. The third kappa shape index (κ3) is 5.56. The minimum Gasteiger partial charge on any atom is -0.394 e. The van der Waals surface area contributed by atoms with E-state index in [1.165, 1.54) is 0 Å². The normalized spacial score (nSPS) is 12.9. The number of aliphatic imine (C=N–C) groups is 2.